The molecule has 0 spiro atoms. The molecule has 3 heterocycles. The third-order valence-electron chi connectivity index (χ3n) is 5.87. The van der Waals surface area contributed by atoms with E-state index in [9.17, 15) is 0 Å². The zero-order valence-electron chi connectivity index (χ0n) is 16.8. The number of nitrogens with two attached hydrogens (primary N) is 1. The molecule has 5 rings (SSSR count). The van der Waals surface area contributed by atoms with Crippen molar-refractivity contribution in [3.05, 3.63) is 58.4 Å². The standard InChI is InChI=1S/C23H26N6S/c24-17-7-9-18(10-8-17)26-23-25-14-20-21(28-29-22(20)27-23)16-4-1-3-15(13-16)6-11-19-5-2-12-30-19/h1-5,12-14,17-18H,6-11,24H2,(H2,25,26,27,28,29). The molecule has 1 fully saturated rings. The predicted molar refractivity (Wildman–Crippen MR) is 123 cm³/mol. The van der Waals surface area contributed by atoms with Crippen LogP contribution in [0.3, 0.4) is 0 Å². The Kier molecular flexibility index (Phi) is 5.46. The van der Waals surface area contributed by atoms with Crippen LogP contribution in [0.25, 0.3) is 22.3 Å². The van der Waals surface area contributed by atoms with Crippen LogP contribution in [-0.2, 0) is 12.8 Å². The lowest BCUT2D eigenvalue weighted by Crippen LogP contribution is -2.33. The average molecular weight is 419 g/mol. The maximum atomic E-state index is 6.00. The summed E-state index contributed by atoms with van der Waals surface area (Å²) in [6, 6.07) is 13.7. The van der Waals surface area contributed by atoms with Crippen molar-refractivity contribution in [3.63, 3.8) is 0 Å². The van der Waals surface area contributed by atoms with Gasteiger partial charge in [-0.15, -0.1) is 11.3 Å². The second kappa shape index (κ2) is 8.53. The van der Waals surface area contributed by atoms with Gasteiger partial charge in [0.05, 0.1) is 11.1 Å². The Hall–Kier alpha value is -2.77. The van der Waals surface area contributed by atoms with E-state index in [1.165, 1.54) is 10.4 Å². The number of aryl methyl sites for hydroxylation is 2. The smallest absolute Gasteiger partial charge is 0.224 e. The van der Waals surface area contributed by atoms with E-state index in [1.807, 2.05) is 17.5 Å². The molecule has 0 saturated heterocycles. The third-order valence-corrected chi connectivity index (χ3v) is 6.81. The molecule has 7 heteroatoms. The number of aromatic amines is 1. The summed E-state index contributed by atoms with van der Waals surface area (Å²) < 4.78 is 0. The van der Waals surface area contributed by atoms with Gasteiger partial charge in [0.2, 0.25) is 5.95 Å². The van der Waals surface area contributed by atoms with E-state index in [4.69, 9.17) is 5.73 Å². The molecule has 0 aliphatic heterocycles. The predicted octanol–water partition coefficient (Wildman–Crippen LogP) is 4.55. The van der Waals surface area contributed by atoms with Gasteiger partial charge in [0.25, 0.3) is 0 Å². The molecule has 0 radical (unpaired) electrons. The minimum atomic E-state index is 0.335. The number of hydrogen-bond acceptors (Lipinski definition) is 6. The summed E-state index contributed by atoms with van der Waals surface area (Å²) in [6.45, 7) is 0. The van der Waals surface area contributed by atoms with Crippen LogP contribution < -0.4 is 11.1 Å². The number of aromatic nitrogens is 4. The summed E-state index contributed by atoms with van der Waals surface area (Å²) in [7, 11) is 0. The molecule has 0 amide bonds. The van der Waals surface area contributed by atoms with E-state index in [-0.39, 0.29) is 0 Å². The number of anilines is 1. The van der Waals surface area contributed by atoms with Crippen LogP contribution in [0.5, 0.6) is 0 Å². The lowest BCUT2D eigenvalue weighted by atomic mass is 9.92. The van der Waals surface area contributed by atoms with Gasteiger partial charge in [-0.25, -0.2) is 4.98 Å². The van der Waals surface area contributed by atoms with E-state index in [2.05, 4.69) is 67.3 Å². The lowest BCUT2D eigenvalue weighted by molar-refractivity contribution is 0.410. The molecular weight excluding hydrogens is 392 g/mol. The summed E-state index contributed by atoms with van der Waals surface area (Å²) >= 11 is 1.81. The average Bonchev–Trinajstić information content (AvgIpc) is 3.44. The first-order valence-corrected chi connectivity index (χ1v) is 11.5. The summed E-state index contributed by atoms with van der Waals surface area (Å²) in [6.07, 6.45) is 8.19. The normalized spacial score (nSPS) is 19.2. The van der Waals surface area contributed by atoms with Crippen LogP contribution in [0, 0.1) is 0 Å². The number of thiophene rings is 1. The fraction of sp³-hybridized carbons (Fsp3) is 0.348. The van der Waals surface area contributed by atoms with Gasteiger partial charge in [0.15, 0.2) is 5.65 Å². The molecule has 3 aromatic heterocycles. The molecule has 1 aromatic carbocycles. The Morgan fingerprint density at radius 1 is 1.10 bits per heavy atom. The van der Waals surface area contributed by atoms with E-state index >= 15 is 0 Å². The quantitative estimate of drug-likeness (QED) is 0.427. The summed E-state index contributed by atoms with van der Waals surface area (Å²) in [5.41, 5.74) is 10.1. The van der Waals surface area contributed by atoms with E-state index in [0.717, 1.165) is 55.2 Å². The SMILES string of the molecule is NC1CCC(Nc2ncc3c(-c4cccc(CCc5cccs5)c4)[nH]nc3n2)CC1. The van der Waals surface area contributed by atoms with Crippen molar-refractivity contribution < 1.29 is 0 Å². The molecular formula is C23H26N6S. The first-order valence-electron chi connectivity index (χ1n) is 10.6. The van der Waals surface area contributed by atoms with Gasteiger partial charge < -0.3 is 11.1 Å². The van der Waals surface area contributed by atoms with E-state index < -0.39 is 0 Å². The summed E-state index contributed by atoms with van der Waals surface area (Å²) in [5, 5.41) is 14.1. The highest BCUT2D eigenvalue weighted by Gasteiger charge is 2.19. The number of rotatable bonds is 6. The first kappa shape index (κ1) is 19.2. The van der Waals surface area contributed by atoms with Crippen molar-refractivity contribution in [1.29, 1.82) is 0 Å². The van der Waals surface area contributed by atoms with Crippen molar-refractivity contribution in [2.45, 2.75) is 50.6 Å². The van der Waals surface area contributed by atoms with Crippen LogP contribution in [0.1, 0.15) is 36.1 Å². The number of fused-ring (bicyclic) bond motifs is 1. The Morgan fingerprint density at radius 3 is 2.83 bits per heavy atom. The number of nitrogens with zero attached hydrogens (tertiary/aromatic N) is 3. The van der Waals surface area contributed by atoms with Crippen molar-refractivity contribution in [2.24, 2.45) is 5.73 Å². The maximum absolute atomic E-state index is 6.00. The van der Waals surface area contributed by atoms with Crippen LogP contribution in [0.15, 0.2) is 48.0 Å². The minimum Gasteiger partial charge on any atom is -0.351 e. The molecule has 30 heavy (non-hydrogen) atoms. The number of nitrogens with one attached hydrogen (secondary N) is 2. The van der Waals surface area contributed by atoms with Crippen LogP contribution >= 0.6 is 11.3 Å². The summed E-state index contributed by atoms with van der Waals surface area (Å²) in [5.74, 6) is 0.644. The maximum Gasteiger partial charge on any atom is 0.224 e. The molecule has 6 nitrogen and oxygen atoms in total. The van der Waals surface area contributed by atoms with Crippen molar-refractivity contribution in [3.8, 4) is 11.3 Å². The van der Waals surface area contributed by atoms with Gasteiger partial charge in [-0.3, -0.25) is 5.10 Å². The fourth-order valence-corrected chi connectivity index (χ4v) is 4.85. The highest BCUT2D eigenvalue weighted by molar-refractivity contribution is 7.09. The number of benzene rings is 1. The molecule has 0 bridgehead atoms. The topological polar surface area (TPSA) is 92.5 Å². The van der Waals surface area contributed by atoms with E-state index in [1.54, 1.807) is 0 Å². The molecule has 4 N–H and O–H groups in total. The highest BCUT2D eigenvalue weighted by atomic mass is 32.1. The fourth-order valence-electron chi connectivity index (χ4n) is 4.14. The van der Waals surface area contributed by atoms with Gasteiger partial charge in [0, 0.05) is 28.7 Å². The second-order valence-electron chi connectivity index (χ2n) is 8.07. The van der Waals surface area contributed by atoms with Gasteiger partial charge in [-0.1, -0.05) is 24.3 Å². The monoisotopic (exact) mass is 418 g/mol. The van der Waals surface area contributed by atoms with Gasteiger partial charge >= 0.3 is 0 Å². The van der Waals surface area contributed by atoms with Crippen LogP contribution in [-0.4, -0.2) is 32.2 Å². The second-order valence-corrected chi connectivity index (χ2v) is 9.10. The van der Waals surface area contributed by atoms with Crippen molar-refractivity contribution in [2.75, 3.05) is 5.32 Å². The van der Waals surface area contributed by atoms with Gasteiger partial charge in [-0.05, 0) is 61.6 Å². The Balaban J connectivity index is 1.33. The van der Waals surface area contributed by atoms with Crippen LogP contribution in [0.4, 0.5) is 5.95 Å². The van der Waals surface area contributed by atoms with Crippen molar-refractivity contribution >= 4 is 28.3 Å². The highest BCUT2D eigenvalue weighted by Crippen LogP contribution is 2.27. The summed E-state index contributed by atoms with van der Waals surface area (Å²) in [4.78, 5) is 10.6. The first-order chi connectivity index (χ1) is 14.7. The molecule has 154 valence electrons. The zero-order chi connectivity index (χ0) is 20.3. The number of H-pyrrole nitrogens is 1. The zero-order valence-corrected chi connectivity index (χ0v) is 17.7. The molecule has 0 atom stereocenters. The molecule has 0 unspecified atom stereocenters. The largest absolute Gasteiger partial charge is 0.351 e. The van der Waals surface area contributed by atoms with Crippen molar-refractivity contribution in [1.82, 2.24) is 20.2 Å². The van der Waals surface area contributed by atoms with Gasteiger partial charge in [0.1, 0.15) is 0 Å². The van der Waals surface area contributed by atoms with Crippen LogP contribution in [0.2, 0.25) is 0 Å². The third kappa shape index (κ3) is 4.22. The molecule has 4 aromatic rings. The lowest BCUT2D eigenvalue weighted by Gasteiger charge is -2.26. The van der Waals surface area contributed by atoms with E-state index in [0.29, 0.717) is 23.7 Å². The number of hydrogen-bond donors (Lipinski definition) is 3. The minimum absolute atomic E-state index is 0.335. The Labute approximate surface area is 180 Å². The Bertz CT molecular complexity index is 1110. The molecule has 1 aliphatic carbocycles. The molecule has 1 aliphatic rings. The Morgan fingerprint density at radius 2 is 2.00 bits per heavy atom. The molecule has 1 saturated carbocycles. The van der Waals surface area contributed by atoms with Gasteiger partial charge in [-0.2, -0.15) is 10.1 Å².